The Hall–Kier alpha value is -4.82. The Kier molecular flexibility index (Phi) is 7.30. The van der Waals surface area contributed by atoms with Gasteiger partial charge in [0, 0.05) is 5.19 Å². The number of hydrogen-bond donors (Lipinski definition) is 0. The zero-order valence-corrected chi connectivity index (χ0v) is 23.9. The smallest absolute Gasteiger partial charge is 0.467 e. The summed E-state index contributed by atoms with van der Waals surface area (Å²) in [6.45, 7) is 0. The van der Waals surface area contributed by atoms with Gasteiger partial charge in [0.15, 0.2) is 0 Å². The second-order valence-electron chi connectivity index (χ2n) is 9.83. The standard InChI is InChI=1S/C35H28O6Si/c1-38-32(36)34(27-17-7-2-8-18-27,28-19-9-3-10-20-28)40-42(31-25-15-6-16-26-31)39-33(37)35(41-42,29-21-11-4-12-22-29)30-23-13-5-14-24-30/h2-26H,1H3. The van der Waals surface area contributed by atoms with Crippen molar-refractivity contribution in [3.05, 3.63) is 174 Å². The van der Waals surface area contributed by atoms with E-state index in [-0.39, 0.29) is 0 Å². The number of esters is 1. The molecule has 0 N–H and O–H groups in total. The van der Waals surface area contributed by atoms with E-state index in [1.54, 1.807) is 36.4 Å². The fourth-order valence-corrected chi connectivity index (χ4v) is 8.35. The Labute approximate surface area is 245 Å². The molecule has 7 heteroatoms. The van der Waals surface area contributed by atoms with Gasteiger partial charge in [-0.1, -0.05) is 152 Å². The van der Waals surface area contributed by atoms with Crippen LogP contribution >= 0.6 is 0 Å². The number of ether oxygens (including phenoxy) is 1. The normalized spacial score (nSPS) is 17.8. The fraction of sp³-hybridized carbons (Fsp3) is 0.0857. The van der Waals surface area contributed by atoms with Crippen LogP contribution in [0.1, 0.15) is 22.3 Å². The molecule has 1 aliphatic rings. The lowest BCUT2D eigenvalue weighted by molar-refractivity contribution is -0.160. The van der Waals surface area contributed by atoms with E-state index in [0.717, 1.165) is 0 Å². The van der Waals surface area contributed by atoms with Crippen molar-refractivity contribution >= 4 is 25.9 Å². The van der Waals surface area contributed by atoms with Gasteiger partial charge in [-0.05, 0) is 22.3 Å². The van der Waals surface area contributed by atoms with Crippen LogP contribution in [0, 0.1) is 0 Å². The summed E-state index contributed by atoms with van der Waals surface area (Å²) in [5.41, 5.74) is -1.32. The summed E-state index contributed by atoms with van der Waals surface area (Å²) in [4.78, 5) is 28.4. The third-order valence-electron chi connectivity index (χ3n) is 7.41. The summed E-state index contributed by atoms with van der Waals surface area (Å²) in [5, 5.41) is 0.521. The van der Waals surface area contributed by atoms with Gasteiger partial charge in [-0.3, -0.25) is 0 Å². The minimum atomic E-state index is -4.30. The predicted molar refractivity (Wildman–Crippen MR) is 159 cm³/mol. The molecule has 0 bridgehead atoms. The molecular formula is C35H28O6Si. The average molecular weight is 573 g/mol. The van der Waals surface area contributed by atoms with Gasteiger partial charge in [0.25, 0.3) is 0 Å². The van der Waals surface area contributed by atoms with Crippen LogP contribution in [0.15, 0.2) is 152 Å². The number of methoxy groups -OCH3 is 1. The lowest BCUT2D eigenvalue weighted by atomic mass is 9.86. The van der Waals surface area contributed by atoms with Crippen LogP contribution < -0.4 is 5.19 Å². The van der Waals surface area contributed by atoms with Crippen LogP contribution in [-0.4, -0.2) is 27.9 Å². The highest BCUT2D eigenvalue weighted by Gasteiger charge is 2.69. The maximum atomic E-state index is 14.4. The first kappa shape index (κ1) is 27.4. The SMILES string of the molecule is COC(=O)C(O[Si]1(c2ccccc2)OC(=O)C(c2ccccc2)(c2ccccc2)O1)(c1ccccc1)c1ccccc1. The molecule has 5 aromatic carbocycles. The zero-order valence-electron chi connectivity index (χ0n) is 22.9. The zero-order chi connectivity index (χ0) is 29.0. The van der Waals surface area contributed by atoms with E-state index in [2.05, 4.69) is 0 Å². The predicted octanol–water partition coefficient (Wildman–Crippen LogP) is 5.48. The maximum absolute atomic E-state index is 14.4. The van der Waals surface area contributed by atoms with Crippen LogP contribution in [0.5, 0.6) is 0 Å². The number of hydrogen-bond acceptors (Lipinski definition) is 6. The third kappa shape index (κ3) is 4.44. The van der Waals surface area contributed by atoms with Crippen molar-refractivity contribution in [3.63, 3.8) is 0 Å². The second-order valence-corrected chi connectivity index (χ2v) is 12.1. The first-order valence-electron chi connectivity index (χ1n) is 13.5. The van der Waals surface area contributed by atoms with E-state index in [0.29, 0.717) is 27.4 Å². The molecule has 0 amide bonds. The van der Waals surface area contributed by atoms with Gasteiger partial charge in [-0.25, -0.2) is 9.59 Å². The summed E-state index contributed by atoms with van der Waals surface area (Å²) in [5.74, 6) is -1.31. The van der Waals surface area contributed by atoms with E-state index in [9.17, 15) is 9.59 Å². The molecule has 6 nitrogen and oxygen atoms in total. The summed E-state index contributed by atoms with van der Waals surface area (Å²) in [6.07, 6.45) is 0. The molecule has 0 spiro atoms. The van der Waals surface area contributed by atoms with Gasteiger partial charge in [0.05, 0.1) is 7.11 Å². The molecule has 0 aromatic heterocycles. The van der Waals surface area contributed by atoms with Crippen LogP contribution in [0.25, 0.3) is 0 Å². The van der Waals surface area contributed by atoms with E-state index in [1.165, 1.54) is 7.11 Å². The average Bonchev–Trinajstić information content (AvgIpc) is 3.38. The van der Waals surface area contributed by atoms with Gasteiger partial charge in [-0.15, -0.1) is 0 Å². The molecule has 1 unspecified atom stereocenters. The number of carbonyl (C=O) groups excluding carboxylic acids is 2. The Morgan fingerprint density at radius 3 is 1.48 bits per heavy atom. The van der Waals surface area contributed by atoms with Crippen molar-refractivity contribution in [2.45, 2.75) is 11.2 Å². The third-order valence-corrected chi connectivity index (χ3v) is 10.1. The van der Waals surface area contributed by atoms with E-state index in [4.69, 9.17) is 18.0 Å². The van der Waals surface area contributed by atoms with Crippen LogP contribution in [0.2, 0.25) is 0 Å². The molecule has 0 aliphatic carbocycles. The molecule has 6 rings (SSSR count). The van der Waals surface area contributed by atoms with Crippen molar-refractivity contribution in [2.75, 3.05) is 7.11 Å². The summed E-state index contributed by atoms with van der Waals surface area (Å²) in [6, 6.07) is 45.6. The first-order chi connectivity index (χ1) is 20.5. The van der Waals surface area contributed by atoms with Gasteiger partial charge in [0.1, 0.15) is 0 Å². The topological polar surface area (TPSA) is 71.1 Å². The Morgan fingerprint density at radius 1 is 0.643 bits per heavy atom. The molecule has 1 atom stereocenters. The Morgan fingerprint density at radius 2 is 1.05 bits per heavy atom. The van der Waals surface area contributed by atoms with Crippen molar-refractivity contribution in [1.29, 1.82) is 0 Å². The van der Waals surface area contributed by atoms with Gasteiger partial charge >= 0.3 is 20.7 Å². The summed E-state index contributed by atoms with van der Waals surface area (Å²) in [7, 11) is -2.99. The molecule has 42 heavy (non-hydrogen) atoms. The van der Waals surface area contributed by atoms with Gasteiger partial charge < -0.3 is 18.0 Å². The molecule has 1 fully saturated rings. The Bertz CT molecular complexity index is 1590. The molecule has 1 aliphatic heterocycles. The molecule has 0 radical (unpaired) electrons. The van der Waals surface area contributed by atoms with Crippen molar-refractivity contribution in [1.82, 2.24) is 0 Å². The number of carbonyl (C=O) groups is 2. The van der Waals surface area contributed by atoms with E-state index >= 15 is 0 Å². The van der Waals surface area contributed by atoms with Gasteiger partial charge in [0.2, 0.25) is 11.2 Å². The highest BCUT2D eigenvalue weighted by Crippen LogP contribution is 2.47. The fourth-order valence-electron chi connectivity index (χ4n) is 5.44. The molecular weight excluding hydrogens is 544 g/mol. The van der Waals surface area contributed by atoms with Crippen molar-refractivity contribution in [3.8, 4) is 0 Å². The summed E-state index contributed by atoms with van der Waals surface area (Å²) >= 11 is 0. The molecule has 1 heterocycles. The maximum Gasteiger partial charge on any atom is 0.607 e. The van der Waals surface area contributed by atoms with E-state index in [1.807, 2.05) is 115 Å². The lowest BCUT2D eigenvalue weighted by Gasteiger charge is -2.38. The van der Waals surface area contributed by atoms with Crippen LogP contribution in [-0.2, 0) is 38.8 Å². The van der Waals surface area contributed by atoms with Crippen molar-refractivity contribution < 1.29 is 27.6 Å². The van der Waals surface area contributed by atoms with Crippen LogP contribution in [0.3, 0.4) is 0 Å². The molecule has 0 saturated carbocycles. The lowest BCUT2D eigenvalue weighted by Crippen LogP contribution is -2.61. The minimum absolute atomic E-state index is 0.502. The van der Waals surface area contributed by atoms with Crippen LogP contribution in [0.4, 0.5) is 0 Å². The van der Waals surface area contributed by atoms with Crippen molar-refractivity contribution in [2.24, 2.45) is 0 Å². The molecule has 1 saturated heterocycles. The molecule has 5 aromatic rings. The monoisotopic (exact) mass is 572 g/mol. The first-order valence-corrected chi connectivity index (χ1v) is 15.3. The summed E-state index contributed by atoms with van der Waals surface area (Å²) < 4.78 is 25.9. The quantitative estimate of drug-likeness (QED) is 0.181. The second kappa shape index (κ2) is 11.2. The molecule has 208 valence electrons. The minimum Gasteiger partial charge on any atom is -0.467 e. The largest absolute Gasteiger partial charge is 0.607 e. The number of rotatable bonds is 8. The number of benzene rings is 5. The Balaban J connectivity index is 1.64. The van der Waals surface area contributed by atoms with E-state index < -0.39 is 31.9 Å². The van der Waals surface area contributed by atoms with Gasteiger partial charge in [-0.2, -0.15) is 0 Å². The highest BCUT2D eigenvalue weighted by molar-refractivity contribution is 6.78. The highest BCUT2D eigenvalue weighted by atomic mass is 28.4.